The highest BCUT2D eigenvalue weighted by Gasteiger charge is 2.19. The van der Waals surface area contributed by atoms with Crippen LogP contribution in [0.1, 0.15) is 41.9 Å². The van der Waals surface area contributed by atoms with Crippen molar-refractivity contribution < 1.29 is 22.4 Å². The molecule has 0 aliphatic rings. The summed E-state index contributed by atoms with van der Waals surface area (Å²) in [6.45, 7) is 3.78. The number of benzene rings is 2. The molecule has 1 heterocycles. The van der Waals surface area contributed by atoms with Gasteiger partial charge in [0.15, 0.2) is 5.78 Å². The van der Waals surface area contributed by atoms with E-state index in [1.165, 1.54) is 31.2 Å². The Morgan fingerprint density at radius 2 is 1.74 bits per heavy atom. The summed E-state index contributed by atoms with van der Waals surface area (Å²) < 4.78 is 33.2. The molecular formula is C23H26N2O5S. The van der Waals surface area contributed by atoms with Crippen LogP contribution in [0.4, 0.5) is 0 Å². The summed E-state index contributed by atoms with van der Waals surface area (Å²) in [6, 6.07) is 13.4. The predicted octanol–water partition coefficient (Wildman–Crippen LogP) is 3.52. The lowest BCUT2D eigenvalue weighted by Crippen LogP contribution is -2.32. The molecule has 0 atom stereocenters. The molecule has 0 saturated heterocycles. The number of fused-ring (bicyclic) bond motifs is 1. The topological polar surface area (TPSA) is 96.7 Å². The average molecular weight is 443 g/mol. The van der Waals surface area contributed by atoms with Gasteiger partial charge in [-0.2, -0.15) is 0 Å². The van der Waals surface area contributed by atoms with Crippen LogP contribution in [0.2, 0.25) is 0 Å². The minimum Gasteiger partial charge on any atom is -0.461 e. The second-order valence-corrected chi connectivity index (χ2v) is 9.10. The van der Waals surface area contributed by atoms with Crippen LogP contribution in [0.15, 0.2) is 57.8 Å². The van der Waals surface area contributed by atoms with Crippen molar-refractivity contribution in [2.24, 2.45) is 0 Å². The standard InChI is InChI=1S/C23H26N2O5S/c1-4-21-20(19-7-5-6-8-22(19)30-21)15-25(3)23(27)13-14-24-31(28,29)18-11-9-17(10-12-18)16(2)26/h5-12,24H,4,13-15H2,1-3H3. The first-order valence-corrected chi connectivity index (χ1v) is 11.5. The molecule has 0 spiro atoms. The third kappa shape index (κ3) is 5.21. The number of hydrogen-bond donors (Lipinski definition) is 1. The van der Waals surface area contributed by atoms with Gasteiger partial charge in [0.1, 0.15) is 11.3 Å². The van der Waals surface area contributed by atoms with E-state index in [4.69, 9.17) is 4.42 Å². The number of carbonyl (C=O) groups is 2. The number of nitrogens with one attached hydrogen (secondary N) is 1. The van der Waals surface area contributed by atoms with E-state index in [0.717, 1.165) is 22.3 Å². The fourth-order valence-electron chi connectivity index (χ4n) is 3.37. The first-order valence-electron chi connectivity index (χ1n) is 10.1. The highest BCUT2D eigenvalue weighted by atomic mass is 32.2. The van der Waals surface area contributed by atoms with E-state index in [1.54, 1.807) is 11.9 Å². The van der Waals surface area contributed by atoms with E-state index in [2.05, 4.69) is 4.72 Å². The molecule has 3 rings (SSSR count). The number of rotatable bonds is 9. The summed E-state index contributed by atoms with van der Waals surface area (Å²) in [4.78, 5) is 25.5. The van der Waals surface area contributed by atoms with Gasteiger partial charge in [-0.3, -0.25) is 9.59 Å². The summed E-state index contributed by atoms with van der Waals surface area (Å²) in [5, 5.41) is 0.980. The van der Waals surface area contributed by atoms with Crippen LogP contribution in [0.3, 0.4) is 0 Å². The minimum atomic E-state index is -3.76. The van der Waals surface area contributed by atoms with E-state index in [9.17, 15) is 18.0 Å². The lowest BCUT2D eigenvalue weighted by molar-refractivity contribution is -0.130. The Morgan fingerprint density at radius 3 is 2.39 bits per heavy atom. The molecule has 0 bridgehead atoms. The zero-order valence-corrected chi connectivity index (χ0v) is 18.7. The largest absolute Gasteiger partial charge is 0.461 e. The SMILES string of the molecule is CCc1oc2ccccc2c1CN(C)C(=O)CCNS(=O)(=O)c1ccc(C(C)=O)cc1. The van der Waals surface area contributed by atoms with Gasteiger partial charge in [0, 0.05) is 49.5 Å². The normalized spacial score (nSPS) is 11.6. The van der Waals surface area contributed by atoms with Gasteiger partial charge in [-0.05, 0) is 25.1 Å². The Morgan fingerprint density at radius 1 is 1.06 bits per heavy atom. The number of aryl methyl sites for hydroxylation is 1. The van der Waals surface area contributed by atoms with Gasteiger partial charge < -0.3 is 9.32 Å². The van der Waals surface area contributed by atoms with Crippen LogP contribution in [0.5, 0.6) is 0 Å². The highest BCUT2D eigenvalue weighted by molar-refractivity contribution is 7.89. The maximum absolute atomic E-state index is 12.6. The monoisotopic (exact) mass is 442 g/mol. The molecule has 2 aromatic carbocycles. The maximum Gasteiger partial charge on any atom is 0.240 e. The minimum absolute atomic E-state index is 0.0211. The van der Waals surface area contributed by atoms with Crippen molar-refractivity contribution in [1.82, 2.24) is 9.62 Å². The molecule has 164 valence electrons. The Bertz CT molecular complexity index is 1200. The maximum atomic E-state index is 12.6. The molecule has 7 nitrogen and oxygen atoms in total. The zero-order valence-electron chi connectivity index (χ0n) is 17.8. The molecule has 0 unspecified atom stereocenters. The number of carbonyl (C=O) groups excluding carboxylic acids is 2. The summed E-state index contributed by atoms with van der Waals surface area (Å²) in [5.74, 6) is 0.527. The van der Waals surface area contributed by atoms with Crippen molar-refractivity contribution in [2.75, 3.05) is 13.6 Å². The highest BCUT2D eigenvalue weighted by Crippen LogP contribution is 2.27. The molecule has 0 radical (unpaired) electrons. The number of sulfonamides is 1. The van der Waals surface area contributed by atoms with Gasteiger partial charge in [-0.15, -0.1) is 0 Å². The molecule has 0 aliphatic heterocycles. The average Bonchev–Trinajstić information content (AvgIpc) is 3.11. The van der Waals surface area contributed by atoms with Crippen molar-refractivity contribution in [1.29, 1.82) is 0 Å². The first kappa shape index (κ1) is 22.7. The van der Waals surface area contributed by atoms with E-state index < -0.39 is 10.0 Å². The molecular weight excluding hydrogens is 416 g/mol. The zero-order chi connectivity index (χ0) is 22.6. The van der Waals surface area contributed by atoms with Crippen LogP contribution in [-0.2, 0) is 27.8 Å². The Labute approximate surface area is 182 Å². The summed E-state index contributed by atoms with van der Waals surface area (Å²) in [7, 11) is -2.07. The van der Waals surface area contributed by atoms with E-state index in [1.807, 2.05) is 31.2 Å². The smallest absolute Gasteiger partial charge is 0.240 e. The number of ketones is 1. The van der Waals surface area contributed by atoms with Crippen molar-refractivity contribution in [3.05, 3.63) is 65.4 Å². The van der Waals surface area contributed by atoms with Gasteiger partial charge in [0.05, 0.1) is 4.90 Å². The molecule has 31 heavy (non-hydrogen) atoms. The van der Waals surface area contributed by atoms with Gasteiger partial charge in [-0.1, -0.05) is 37.3 Å². The number of Topliss-reactive ketones (excluding diaryl/α,β-unsaturated/α-hetero) is 1. The van der Waals surface area contributed by atoms with Crippen molar-refractivity contribution >= 4 is 32.7 Å². The number of nitrogens with zero attached hydrogens (tertiary/aromatic N) is 1. The molecule has 1 amide bonds. The fourth-order valence-corrected chi connectivity index (χ4v) is 4.40. The Kier molecular flexibility index (Phi) is 6.92. The number of furan rings is 1. The number of para-hydroxylation sites is 1. The third-order valence-electron chi connectivity index (χ3n) is 5.13. The molecule has 0 fully saturated rings. The van der Waals surface area contributed by atoms with Crippen LogP contribution in [0, 0.1) is 0 Å². The van der Waals surface area contributed by atoms with Crippen molar-refractivity contribution in [3.63, 3.8) is 0 Å². The van der Waals surface area contributed by atoms with Gasteiger partial charge in [0.25, 0.3) is 0 Å². The lowest BCUT2D eigenvalue weighted by Gasteiger charge is -2.17. The Balaban J connectivity index is 1.60. The van der Waals surface area contributed by atoms with E-state index in [-0.39, 0.29) is 29.6 Å². The van der Waals surface area contributed by atoms with E-state index in [0.29, 0.717) is 18.5 Å². The summed E-state index contributed by atoms with van der Waals surface area (Å²) in [6.07, 6.45) is 0.743. The quantitative estimate of drug-likeness (QED) is 0.512. The second-order valence-electron chi connectivity index (χ2n) is 7.33. The van der Waals surface area contributed by atoms with E-state index >= 15 is 0 Å². The van der Waals surface area contributed by atoms with Crippen molar-refractivity contribution in [2.45, 2.75) is 38.1 Å². The molecule has 8 heteroatoms. The van der Waals surface area contributed by atoms with Crippen LogP contribution in [0.25, 0.3) is 11.0 Å². The Hall–Kier alpha value is -2.97. The van der Waals surface area contributed by atoms with Crippen LogP contribution in [-0.4, -0.2) is 38.6 Å². The predicted molar refractivity (Wildman–Crippen MR) is 118 cm³/mol. The summed E-state index contributed by atoms with van der Waals surface area (Å²) >= 11 is 0. The van der Waals surface area contributed by atoms with Gasteiger partial charge in [0.2, 0.25) is 15.9 Å². The molecule has 0 saturated carbocycles. The number of amides is 1. The summed E-state index contributed by atoms with van der Waals surface area (Å²) in [5.41, 5.74) is 2.20. The molecule has 0 aliphatic carbocycles. The molecule has 3 aromatic rings. The van der Waals surface area contributed by atoms with Crippen LogP contribution < -0.4 is 4.72 Å². The van der Waals surface area contributed by atoms with Gasteiger partial charge in [-0.25, -0.2) is 13.1 Å². The lowest BCUT2D eigenvalue weighted by atomic mass is 10.1. The molecule has 1 aromatic heterocycles. The first-order chi connectivity index (χ1) is 14.7. The fraction of sp³-hybridized carbons (Fsp3) is 0.304. The third-order valence-corrected chi connectivity index (χ3v) is 6.60. The molecule has 1 N–H and O–H groups in total. The van der Waals surface area contributed by atoms with Crippen LogP contribution >= 0.6 is 0 Å². The van der Waals surface area contributed by atoms with Crippen molar-refractivity contribution in [3.8, 4) is 0 Å². The second kappa shape index (κ2) is 9.45. The van der Waals surface area contributed by atoms with Gasteiger partial charge >= 0.3 is 0 Å². The number of hydrogen-bond acceptors (Lipinski definition) is 5.